The van der Waals surface area contributed by atoms with Crippen molar-refractivity contribution in [3.63, 3.8) is 0 Å². The van der Waals surface area contributed by atoms with Crippen molar-refractivity contribution in [2.75, 3.05) is 7.11 Å². The molecular formula is C17H17IN2O2. The molecule has 22 heavy (non-hydrogen) atoms. The predicted molar refractivity (Wildman–Crippen MR) is 95.7 cm³/mol. The maximum atomic E-state index is 5.43. The highest BCUT2D eigenvalue weighted by atomic mass is 127. The Hall–Kier alpha value is -1.63. The van der Waals surface area contributed by atoms with Gasteiger partial charge in [0.25, 0.3) is 0 Å². The van der Waals surface area contributed by atoms with Gasteiger partial charge in [-0.25, -0.2) is 4.98 Å². The van der Waals surface area contributed by atoms with E-state index < -0.39 is 0 Å². The topological polar surface area (TPSA) is 48.2 Å². The lowest BCUT2D eigenvalue weighted by Gasteiger charge is -2.14. The van der Waals surface area contributed by atoms with Gasteiger partial charge < -0.3 is 9.26 Å². The number of rotatable bonds is 3. The molecule has 0 bridgehead atoms. The van der Waals surface area contributed by atoms with Gasteiger partial charge in [0.2, 0.25) is 0 Å². The number of methoxy groups -OCH3 is 1. The second-order valence-corrected chi connectivity index (χ2v) is 7.19. The molecule has 3 aromatic rings. The summed E-state index contributed by atoms with van der Waals surface area (Å²) < 4.78 is 11.0. The van der Waals surface area contributed by atoms with Crippen LogP contribution in [0.15, 0.2) is 28.8 Å². The standard InChI is InChI=1S/C17H17IN2O2/c1-9-7-15(20-22-9)14-8-13(11(3)18)12-5-6-16(21-4)10(2)17(12)19-14/h5-8,11H,1-4H3. The van der Waals surface area contributed by atoms with E-state index in [0.717, 1.165) is 39.4 Å². The largest absolute Gasteiger partial charge is 0.496 e. The Morgan fingerprint density at radius 1 is 1.18 bits per heavy atom. The summed E-state index contributed by atoms with van der Waals surface area (Å²) in [5.74, 6) is 1.63. The van der Waals surface area contributed by atoms with E-state index in [4.69, 9.17) is 14.2 Å². The van der Waals surface area contributed by atoms with Crippen LogP contribution >= 0.6 is 22.6 Å². The third-order valence-electron chi connectivity index (χ3n) is 3.76. The third kappa shape index (κ3) is 2.58. The van der Waals surface area contributed by atoms with E-state index >= 15 is 0 Å². The Balaban J connectivity index is 2.33. The Morgan fingerprint density at radius 2 is 1.95 bits per heavy atom. The van der Waals surface area contributed by atoms with E-state index in [1.165, 1.54) is 5.56 Å². The van der Waals surface area contributed by atoms with E-state index in [1.54, 1.807) is 7.11 Å². The van der Waals surface area contributed by atoms with Gasteiger partial charge in [0.15, 0.2) is 0 Å². The number of nitrogens with zero attached hydrogens (tertiary/aromatic N) is 2. The highest BCUT2D eigenvalue weighted by Crippen LogP contribution is 2.36. The maximum absolute atomic E-state index is 5.43. The fraction of sp³-hybridized carbons (Fsp3) is 0.294. The smallest absolute Gasteiger partial charge is 0.134 e. The number of pyridine rings is 1. The quantitative estimate of drug-likeness (QED) is 0.452. The van der Waals surface area contributed by atoms with Gasteiger partial charge in [-0.15, -0.1) is 0 Å². The first-order valence-corrected chi connectivity index (χ1v) is 8.32. The van der Waals surface area contributed by atoms with Crippen LogP contribution in [0.5, 0.6) is 5.75 Å². The minimum absolute atomic E-state index is 0.364. The molecule has 1 aromatic carbocycles. The van der Waals surface area contributed by atoms with Gasteiger partial charge in [-0.2, -0.15) is 0 Å². The number of alkyl halides is 1. The van der Waals surface area contributed by atoms with E-state index in [1.807, 2.05) is 26.0 Å². The van der Waals surface area contributed by atoms with Gasteiger partial charge in [0, 0.05) is 20.9 Å². The first-order chi connectivity index (χ1) is 10.5. The first-order valence-electron chi connectivity index (χ1n) is 7.07. The minimum Gasteiger partial charge on any atom is -0.496 e. The highest BCUT2D eigenvalue weighted by molar-refractivity contribution is 14.1. The minimum atomic E-state index is 0.364. The van der Waals surface area contributed by atoms with Crippen LogP contribution in [0, 0.1) is 13.8 Å². The molecule has 0 aliphatic heterocycles. The van der Waals surface area contributed by atoms with Crippen molar-refractivity contribution in [2.45, 2.75) is 24.7 Å². The van der Waals surface area contributed by atoms with Crippen molar-refractivity contribution in [3.8, 4) is 17.1 Å². The van der Waals surface area contributed by atoms with Crippen molar-refractivity contribution in [3.05, 3.63) is 41.2 Å². The van der Waals surface area contributed by atoms with Gasteiger partial charge in [0.1, 0.15) is 17.2 Å². The van der Waals surface area contributed by atoms with Crippen molar-refractivity contribution in [1.29, 1.82) is 0 Å². The average molecular weight is 408 g/mol. The van der Waals surface area contributed by atoms with Crippen molar-refractivity contribution in [1.82, 2.24) is 10.1 Å². The van der Waals surface area contributed by atoms with Gasteiger partial charge in [-0.3, -0.25) is 0 Å². The lowest BCUT2D eigenvalue weighted by atomic mass is 10.0. The van der Waals surface area contributed by atoms with E-state index in [9.17, 15) is 0 Å². The van der Waals surface area contributed by atoms with Crippen LogP contribution in [0.3, 0.4) is 0 Å². The molecule has 0 N–H and O–H groups in total. The number of ether oxygens (including phenoxy) is 1. The molecular weight excluding hydrogens is 391 g/mol. The second kappa shape index (κ2) is 5.87. The lowest BCUT2D eigenvalue weighted by Crippen LogP contribution is -1.97. The summed E-state index contributed by atoms with van der Waals surface area (Å²) in [4.78, 5) is 4.80. The molecule has 0 saturated carbocycles. The molecule has 3 rings (SSSR count). The highest BCUT2D eigenvalue weighted by Gasteiger charge is 2.16. The summed E-state index contributed by atoms with van der Waals surface area (Å²) in [5.41, 5.74) is 4.84. The zero-order valence-electron chi connectivity index (χ0n) is 13.0. The molecule has 0 amide bonds. The van der Waals surface area contributed by atoms with Crippen LogP contribution in [-0.2, 0) is 0 Å². The van der Waals surface area contributed by atoms with E-state index in [2.05, 4.69) is 46.8 Å². The zero-order valence-corrected chi connectivity index (χ0v) is 15.1. The number of hydrogen-bond acceptors (Lipinski definition) is 4. The van der Waals surface area contributed by atoms with E-state index in [-0.39, 0.29) is 0 Å². The Kier molecular flexibility index (Phi) is 4.08. The second-order valence-electron chi connectivity index (χ2n) is 5.32. The molecule has 0 aliphatic rings. The van der Waals surface area contributed by atoms with Crippen LogP contribution in [-0.4, -0.2) is 17.3 Å². The summed E-state index contributed by atoms with van der Waals surface area (Å²) in [7, 11) is 1.68. The Bertz CT molecular complexity index is 840. The molecule has 1 unspecified atom stereocenters. The number of hydrogen-bond donors (Lipinski definition) is 0. The fourth-order valence-corrected chi connectivity index (χ4v) is 3.12. The molecule has 2 aromatic heterocycles. The molecule has 5 heteroatoms. The number of halogens is 1. The molecule has 114 valence electrons. The summed E-state index contributed by atoms with van der Waals surface area (Å²) >= 11 is 2.42. The molecule has 2 heterocycles. The van der Waals surface area contributed by atoms with Crippen molar-refractivity contribution >= 4 is 33.5 Å². The summed E-state index contributed by atoms with van der Waals surface area (Å²) in [6, 6.07) is 8.09. The SMILES string of the molecule is COc1ccc2c(C(C)I)cc(-c3cc(C)on3)nc2c1C. The number of aromatic nitrogens is 2. The van der Waals surface area contributed by atoms with Gasteiger partial charge in [-0.05, 0) is 44.5 Å². The normalized spacial score (nSPS) is 12.6. The first kappa shape index (κ1) is 15.3. The monoisotopic (exact) mass is 408 g/mol. The fourth-order valence-electron chi connectivity index (χ4n) is 2.61. The summed E-state index contributed by atoms with van der Waals surface area (Å²) in [6.07, 6.45) is 0. The third-order valence-corrected chi connectivity index (χ3v) is 4.43. The molecule has 4 nitrogen and oxygen atoms in total. The molecule has 0 saturated heterocycles. The molecule has 0 aliphatic carbocycles. The van der Waals surface area contributed by atoms with Crippen molar-refractivity contribution in [2.24, 2.45) is 0 Å². The molecule has 0 fully saturated rings. The van der Waals surface area contributed by atoms with Crippen LogP contribution in [0.2, 0.25) is 0 Å². The Morgan fingerprint density at radius 3 is 2.55 bits per heavy atom. The van der Waals surface area contributed by atoms with Crippen LogP contribution in [0.25, 0.3) is 22.3 Å². The molecule has 0 radical (unpaired) electrons. The summed E-state index contributed by atoms with van der Waals surface area (Å²) in [5, 5.41) is 5.25. The number of aryl methyl sites for hydroxylation is 2. The summed E-state index contributed by atoms with van der Waals surface area (Å²) in [6.45, 7) is 6.09. The van der Waals surface area contributed by atoms with Crippen LogP contribution in [0.1, 0.15) is 27.7 Å². The van der Waals surface area contributed by atoms with Crippen LogP contribution < -0.4 is 4.74 Å². The number of fused-ring (bicyclic) bond motifs is 1. The van der Waals surface area contributed by atoms with Gasteiger partial charge in [0.05, 0.1) is 18.3 Å². The average Bonchev–Trinajstić information content (AvgIpc) is 2.93. The Labute approximate surface area is 143 Å². The molecule has 0 spiro atoms. The molecule has 1 atom stereocenters. The zero-order chi connectivity index (χ0) is 15.9. The van der Waals surface area contributed by atoms with Crippen LogP contribution in [0.4, 0.5) is 0 Å². The van der Waals surface area contributed by atoms with Crippen molar-refractivity contribution < 1.29 is 9.26 Å². The maximum Gasteiger partial charge on any atom is 0.134 e. The van der Waals surface area contributed by atoms with Gasteiger partial charge in [-0.1, -0.05) is 27.7 Å². The van der Waals surface area contributed by atoms with Gasteiger partial charge >= 0.3 is 0 Å². The predicted octanol–water partition coefficient (Wildman–Crippen LogP) is 5.01. The number of benzene rings is 1. The lowest BCUT2D eigenvalue weighted by molar-refractivity contribution is 0.399. The van der Waals surface area contributed by atoms with E-state index in [0.29, 0.717) is 3.92 Å².